The van der Waals surface area contributed by atoms with Crippen LogP contribution >= 0.6 is 0 Å². The molecule has 2 nitrogen and oxygen atoms in total. The van der Waals surface area contributed by atoms with E-state index in [1.54, 1.807) is 0 Å². The summed E-state index contributed by atoms with van der Waals surface area (Å²) in [6, 6.07) is 0. The Labute approximate surface area is 117 Å². The third-order valence-corrected chi connectivity index (χ3v) is 3.18. The summed E-state index contributed by atoms with van der Waals surface area (Å²) in [6.07, 6.45) is 9.99. The molecule has 0 saturated heterocycles. The third-order valence-electron chi connectivity index (χ3n) is 3.18. The molecule has 0 spiro atoms. The minimum Gasteiger partial charge on any atom is -0.481 e. The minimum atomic E-state index is -2.42. The summed E-state index contributed by atoms with van der Waals surface area (Å²) in [5, 5.41) is 8.69. The lowest BCUT2D eigenvalue weighted by molar-refractivity contribution is -0.137. The summed E-state index contributed by atoms with van der Waals surface area (Å²) in [4.78, 5) is 10.7. The molecule has 2 heteroatoms. The van der Waals surface area contributed by atoms with Crippen LogP contribution in [0.1, 0.15) is 101 Å². The molecule has 108 valence electrons. The molecular weight excluding hydrogens is 224 g/mol. The number of hydrogen-bond donors (Lipinski definition) is 1. The first kappa shape index (κ1) is 12.5. The number of hydrogen-bond acceptors (Lipinski definition) is 1. The highest BCUT2D eigenvalue weighted by Gasteiger charge is 1.96. The molecule has 1 N–H and O–H groups in total. The lowest BCUT2D eigenvalue weighted by atomic mass is 10.0. The van der Waals surface area contributed by atoms with Crippen LogP contribution in [0, 0.1) is 0 Å². The molecule has 1 unspecified atom stereocenters. The van der Waals surface area contributed by atoms with E-state index in [0.717, 1.165) is 19.3 Å². The van der Waals surface area contributed by atoms with Gasteiger partial charge >= 0.3 is 5.97 Å². The maximum Gasteiger partial charge on any atom is 0.303 e. The van der Waals surface area contributed by atoms with E-state index in [1.807, 2.05) is 0 Å². The van der Waals surface area contributed by atoms with Gasteiger partial charge in [-0.25, -0.2) is 0 Å². The van der Waals surface area contributed by atoms with Gasteiger partial charge in [-0.15, -0.1) is 0 Å². The van der Waals surface area contributed by atoms with E-state index in [4.69, 9.17) is 9.22 Å². The highest BCUT2D eigenvalue weighted by molar-refractivity contribution is 5.66. The van der Waals surface area contributed by atoms with Gasteiger partial charge in [0.15, 0.2) is 0 Å². The molecule has 0 aliphatic rings. The molecule has 18 heavy (non-hydrogen) atoms. The van der Waals surface area contributed by atoms with E-state index in [1.165, 1.54) is 51.4 Å². The number of carbonyl (C=O) groups is 1. The smallest absolute Gasteiger partial charge is 0.303 e. The maximum absolute atomic E-state index is 10.7. The van der Waals surface area contributed by atoms with Gasteiger partial charge in [-0.1, -0.05) is 84.0 Å². The second kappa shape index (κ2) is 14.5. The zero-order valence-electron chi connectivity index (χ0n) is 14.9. The van der Waals surface area contributed by atoms with Crippen LogP contribution in [0.15, 0.2) is 0 Å². The maximum atomic E-state index is 10.7. The summed E-state index contributed by atoms with van der Waals surface area (Å²) in [5.74, 6) is -1.52. The largest absolute Gasteiger partial charge is 0.481 e. The highest BCUT2D eigenvalue weighted by Crippen LogP contribution is 2.12. The summed E-state index contributed by atoms with van der Waals surface area (Å²) in [7, 11) is 0. The van der Waals surface area contributed by atoms with E-state index in [0.29, 0.717) is 6.42 Å². The molecule has 0 aromatic carbocycles. The van der Waals surface area contributed by atoms with Gasteiger partial charge in [0.1, 0.15) is 0 Å². The Morgan fingerprint density at radius 3 is 1.61 bits per heavy atom. The lowest BCUT2D eigenvalue weighted by Crippen LogP contribution is -1.93. The number of aliphatic carboxylic acids is 1. The number of carboxylic acids is 1. The quantitative estimate of drug-likeness (QED) is 0.415. The molecule has 0 saturated carbocycles. The van der Waals surface area contributed by atoms with E-state index in [2.05, 4.69) is 6.92 Å². The molecule has 0 aromatic heterocycles. The van der Waals surface area contributed by atoms with E-state index in [9.17, 15) is 4.79 Å². The monoisotopic (exact) mass is 259 g/mol. The van der Waals surface area contributed by atoms with Crippen molar-refractivity contribution in [1.29, 1.82) is 0 Å². The van der Waals surface area contributed by atoms with Gasteiger partial charge in [-0.05, 0) is 6.40 Å². The molecule has 0 radical (unpaired) electrons. The first-order valence-corrected chi connectivity index (χ1v) is 7.58. The van der Waals surface area contributed by atoms with Crippen LogP contribution in [-0.2, 0) is 4.79 Å². The zero-order chi connectivity index (χ0) is 16.1. The fourth-order valence-corrected chi connectivity index (χ4v) is 2.07. The zero-order valence-corrected chi connectivity index (χ0v) is 11.9. The molecule has 0 rings (SSSR count). The number of unbranched alkanes of at least 4 members (excludes halogenated alkanes) is 10. The fourth-order valence-electron chi connectivity index (χ4n) is 2.07. The Morgan fingerprint density at radius 1 is 0.833 bits per heavy atom. The van der Waals surface area contributed by atoms with Gasteiger partial charge in [-0.3, -0.25) is 4.79 Å². The van der Waals surface area contributed by atoms with Crippen molar-refractivity contribution in [3.8, 4) is 0 Å². The lowest BCUT2D eigenvalue weighted by Gasteiger charge is -2.02. The van der Waals surface area contributed by atoms with Crippen molar-refractivity contribution in [3.63, 3.8) is 0 Å². The molecule has 1 atom stereocenters. The molecule has 0 amide bonds. The summed E-state index contributed by atoms with van der Waals surface area (Å²) in [6.45, 7) is 2.23. The molecule has 0 fully saturated rings. The van der Waals surface area contributed by atoms with Crippen LogP contribution in [0.2, 0.25) is 0 Å². The van der Waals surface area contributed by atoms with Crippen molar-refractivity contribution in [3.05, 3.63) is 0 Å². The second-order valence-corrected chi connectivity index (χ2v) is 4.98. The summed E-state index contributed by atoms with van der Waals surface area (Å²) < 4.78 is 22.2. The predicted molar refractivity (Wildman–Crippen MR) is 77.9 cm³/mol. The van der Waals surface area contributed by atoms with Crippen LogP contribution in [0.25, 0.3) is 0 Å². The molecule has 0 heterocycles. The predicted octanol–water partition coefficient (Wildman–Crippen LogP) is 5.55. The summed E-state index contributed by atoms with van der Waals surface area (Å²) >= 11 is 0. The van der Waals surface area contributed by atoms with Crippen molar-refractivity contribution in [2.24, 2.45) is 0 Å². The third kappa shape index (κ3) is 15.5. The normalized spacial score (nSPS) is 15.7. The standard InChI is InChI=1S/C16H32O2/c1-2-3-4-5-6-7-8-9-10-11-12-13-14-15-16(17)18/h2-15H2,1H3,(H,17,18)/i14D,15D2. The van der Waals surface area contributed by atoms with Crippen LogP contribution in [0.4, 0.5) is 0 Å². The second-order valence-electron chi connectivity index (χ2n) is 4.98. The highest BCUT2D eigenvalue weighted by atomic mass is 16.4. The van der Waals surface area contributed by atoms with Crippen molar-refractivity contribution >= 4 is 5.97 Å². The molecule has 0 aliphatic heterocycles. The van der Waals surface area contributed by atoms with Crippen LogP contribution in [0.3, 0.4) is 0 Å². The van der Waals surface area contributed by atoms with Crippen molar-refractivity contribution < 1.29 is 14.0 Å². The van der Waals surface area contributed by atoms with Crippen LogP contribution in [0.5, 0.6) is 0 Å². The molecular formula is C16H32O2. The Kier molecular flexibility index (Phi) is 10.1. The number of carboxylic acid groups (broad SMARTS) is 1. The average molecular weight is 259 g/mol. The Bertz CT molecular complexity index is 270. The topological polar surface area (TPSA) is 37.3 Å². The van der Waals surface area contributed by atoms with Crippen LogP contribution in [-0.4, -0.2) is 11.1 Å². The van der Waals surface area contributed by atoms with Crippen molar-refractivity contribution in [1.82, 2.24) is 0 Å². The van der Waals surface area contributed by atoms with Gasteiger partial charge < -0.3 is 5.11 Å². The fraction of sp³-hybridized carbons (Fsp3) is 0.938. The first-order chi connectivity index (χ1) is 9.92. The first-order valence-electron chi connectivity index (χ1n) is 9.16. The Hall–Kier alpha value is -0.530. The van der Waals surface area contributed by atoms with Crippen molar-refractivity contribution in [2.45, 2.75) is 96.7 Å². The SMILES string of the molecule is [2H]C(CCCCCCCCCCCCC)C([2H])([2H])C(=O)O. The van der Waals surface area contributed by atoms with Gasteiger partial charge in [0.2, 0.25) is 0 Å². The van der Waals surface area contributed by atoms with Crippen molar-refractivity contribution in [2.75, 3.05) is 0 Å². The van der Waals surface area contributed by atoms with Gasteiger partial charge in [0.05, 0.1) is 0 Å². The minimum absolute atomic E-state index is 0.330. The van der Waals surface area contributed by atoms with E-state index >= 15 is 0 Å². The van der Waals surface area contributed by atoms with Gasteiger partial charge in [-0.2, -0.15) is 0 Å². The number of rotatable bonds is 14. The Balaban J connectivity index is 3.38. The summed E-state index contributed by atoms with van der Waals surface area (Å²) in [5.41, 5.74) is 0. The molecule has 0 bridgehead atoms. The molecule has 0 aliphatic carbocycles. The van der Waals surface area contributed by atoms with Gasteiger partial charge in [0, 0.05) is 10.5 Å². The van der Waals surface area contributed by atoms with E-state index in [-0.39, 0.29) is 0 Å². The Morgan fingerprint density at radius 2 is 1.22 bits per heavy atom. The van der Waals surface area contributed by atoms with Crippen LogP contribution < -0.4 is 0 Å². The average Bonchev–Trinajstić information content (AvgIpc) is 2.44. The molecule has 0 aromatic rings. The van der Waals surface area contributed by atoms with E-state index < -0.39 is 18.7 Å². The van der Waals surface area contributed by atoms with Gasteiger partial charge in [0.25, 0.3) is 0 Å².